The molecule has 1 aromatic rings. The van der Waals surface area contributed by atoms with Crippen molar-refractivity contribution in [1.82, 2.24) is 4.90 Å². The van der Waals surface area contributed by atoms with Gasteiger partial charge >= 0.3 is 5.97 Å². The topological polar surface area (TPSA) is 104 Å². The van der Waals surface area contributed by atoms with Crippen LogP contribution >= 0.6 is 12.4 Å². The summed E-state index contributed by atoms with van der Waals surface area (Å²) >= 11 is 0. The molecule has 146 valence electrons. The first-order chi connectivity index (χ1) is 11.8. The lowest BCUT2D eigenvalue weighted by Gasteiger charge is -2.32. The zero-order valence-electron chi connectivity index (χ0n) is 14.7. The summed E-state index contributed by atoms with van der Waals surface area (Å²) < 4.78 is 24.8. The van der Waals surface area contributed by atoms with Crippen LogP contribution in [-0.4, -0.2) is 55.2 Å². The third-order valence-electron chi connectivity index (χ3n) is 4.29. The molecule has 26 heavy (non-hydrogen) atoms. The predicted octanol–water partition coefficient (Wildman–Crippen LogP) is 2.17. The number of benzene rings is 1. The maximum atomic E-state index is 12.4. The number of rotatable bonds is 7. The van der Waals surface area contributed by atoms with Gasteiger partial charge in [-0.1, -0.05) is 6.42 Å². The number of aliphatic carboxylic acids is 1. The molecule has 0 aliphatic carbocycles. The Labute approximate surface area is 160 Å². The lowest BCUT2D eigenvalue weighted by Crippen LogP contribution is -2.45. The van der Waals surface area contributed by atoms with Gasteiger partial charge in [-0.25, -0.2) is 8.42 Å². The number of piperidine rings is 1. The van der Waals surface area contributed by atoms with Crippen LogP contribution in [0.4, 0.5) is 5.69 Å². The van der Waals surface area contributed by atoms with Crippen molar-refractivity contribution in [3.05, 3.63) is 24.3 Å². The van der Waals surface area contributed by atoms with E-state index in [0.29, 0.717) is 31.6 Å². The minimum absolute atomic E-state index is 0. The van der Waals surface area contributed by atoms with Gasteiger partial charge in [0, 0.05) is 12.6 Å². The highest BCUT2D eigenvalue weighted by Crippen LogP contribution is 2.19. The van der Waals surface area contributed by atoms with E-state index in [1.807, 2.05) is 4.90 Å². The number of hydrogen-bond acceptors (Lipinski definition) is 5. The molecule has 1 saturated heterocycles. The Kier molecular flexibility index (Phi) is 8.52. The second-order valence-corrected chi connectivity index (χ2v) is 8.37. The van der Waals surface area contributed by atoms with E-state index in [9.17, 15) is 23.1 Å². The lowest BCUT2D eigenvalue weighted by atomic mass is 10.0. The highest BCUT2D eigenvalue weighted by molar-refractivity contribution is 7.91. The zero-order chi connectivity index (χ0) is 18.4. The molecule has 1 fully saturated rings. The highest BCUT2D eigenvalue weighted by Gasteiger charge is 2.28. The fraction of sp³-hybridized carbons (Fsp3) is 0.529. The first-order valence-electron chi connectivity index (χ1n) is 8.37. The quantitative estimate of drug-likeness (QED) is 0.721. The van der Waals surface area contributed by atoms with Gasteiger partial charge < -0.3 is 10.4 Å². The molecule has 0 spiro atoms. The van der Waals surface area contributed by atoms with E-state index in [-0.39, 0.29) is 29.0 Å². The van der Waals surface area contributed by atoms with Crippen molar-refractivity contribution in [2.45, 2.75) is 43.5 Å². The minimum atomic E-state index is -3.43. The van der Waals surface area contributed by atoms with E-state index in [2.05, 4.69) is 5.32 Å². The number of anilines is 1. The smallest absolute Gasteiger partial charge is 0.320 e. The zero-order valence-corrected chi connectivity index (χ0v) is 16.3. The second kappa shape index (κ2) is 9.89. The van der Waals surface area contributed by atoms with Crippen molar-refractivity contribution >= 4 is 39.8 Å². The van der Waals surface area contributed by atoms with Gasteiger partial charge in [-0.3, -0.25) is 14.5 Å². The van der Waals surface area contributed by atoms with Crippen molar-refractivity contribution in [3.63, 3.8) is 0 Å². The van der Waals surface area contributed by atoms with Gasteiger partial charge in [0.05, 0.1) is 10.6 Å². The Hall–Kier alpha value is -1.64. The highest BCUT2D eigenvalue weighted by atomic mass is 35.5. The monoisotopic (exact) mass is 404 g/mol. The summed E-state index contributed by atoms with van der Waals surface area (Å²) in [7, 11) is -3.43. The van der Waals surface area contributed by atoms with Gasteiger partial charge in [-0.05, 0) is 56.6 Å². The Morgan fingerprint density at radius 2 is 1.88 bits per heavy atom. The number of likely N-dealkylation sites (tertiary alicyclic amines) is 1. The molecule has 1 aliphatic heterocycles. The minimum Gasteiger partial charge on any atom is -0.480 e. The third kappa shape index (κ3) is 6.26. The molecule has 0 aromatic heterocycles. The van der Waals surface area contributed by atoms with Crippen LogP contribution < -0.4 is 5.32 Å². The van der Waals surface area contributed by atoms with Gasteiger partial charge in [0.25, 0.3) is 0 Å². The van der Waals surface area contributed by atoms with E-state index >= 15 is 0 Å². The molecular weight excluding hydrogens is 380 g/mol. The number of amides is 1. The molecule has 1 aromatic carbocycles. The van der Waals surface area contributed by atoms with Crippen LogP contribution in [-0.2, 0) is 19.4 Å². The average molecular weight is 405 g/mol. The number of hydrogen-bond donors (Lipinski definition) is 2. The summed E-state index contributed by atoms with van der Waals surface area (Å²) in [4.78, 5) is 24.3. The maximum absolute atomic E-state index is 12.4. The van der Waals surface area contributed by atoms with E-state index < -0.39 is 21.8 Å². The van der Waals surface area contributed by atoms with E-state index in [4.69, 9.17) is 0 Å². The average Bonchev–Trinajstić information content (AvgIpc) is 2.55. The summed E-state index contributed by atoms with van der Waals surface area (Å²) in [6.07, 6.45) is 2.85. The molecule has 1 atom stereocenters. The lowest BCUT2D eigenvalue weighted by molar-refractivity contribution is -0.144. The number of nitrogens with zero attached hydrogens (tertiary/aromatic N) is 1. The van der Waals surface area contributed by atoms with Gasteiger partial charge in [-0.2, -0.15) is 0 Å². The molecular formula is C17H25ClN2O5S. The normalized spacial score (nSPS) is 18.0. The van der Waals surface area contributed by atoms with Crippen LogP contribution in [0.2, 0.25) is 0 Å². The van der Waals surface area contributed by atoms with Crippen molar-refractivity contribution in [2.75, 3.05) is 24.2 Å². The largest absolute Gasteiger partial charge is 0.480 e. The molecule has 7 nitrogen and oxygen atoms in total. The van der Waals surface area contributed by atoms with Gasteiger partial charge in [-0.15, -0.1) is 12.4 Å². The second-order valence-electron chi connectivity index (χ2n) is 6.26. The fourth-order valence-corrected chi connectivity index (χ4v) is 4.36. The van der Waals surface area contributed by atoms with Crippen molar-refractivity contribution in [2.24, 2.45) is 0 Å². The molecule has 2 N–H and O–H groups in total. The van der Waals surface area contributed by atoms with Gasteiger partial charge in [0.2, 0.25) is 5.91 Å². The standard InChI is InChI=1S/C17H24N2O5S.ClH/c1-13(20)18-14-6-8-15(9-7-14)25(23,24)12-4-11-19-10-3-2-5-16(19)17(21)22;/h6-9,16H,2-5,10-12H2,1H3,(H,18,20)(H,21,22);1H. The summed E-state index contributed by atoms with van der Waals surface area (Å²) in [5.74, 6) is -1.09. The molecule has 9 heteroatoms. The first kappa shape index (κ1) is 22.4. The van der Waals surface area contributed by atoms with Crippen molar-refractivity contribution < 1.29 is 23.1 Å². The molecule has 1 unspecified atom stereocenters. The van der Waals surface area contributed by atoms with Crippen LogP contribution in [0.1, 0.15) is 32.6 Å². The summed E-state index contributed by atoms with van der Waals surface area (Å²) in [6, 6.07) is 5.55. The molecule has 0 radical (unpaired) electrons. The summed E-state index contributed by atoms with van der Waals surface area (Å²) in [5.41, 5.74) is 0.545. The number of halogens is 1. The third-order valence-corrected chi connectivity index (χ3v) is 6.11. The number of carbonyl (C=O) groups excluding carboxylic acids is 1. The Bertz CT molecular complexity index is 721. The molecule has 1 aliphatic rings. The number of nitrogens with one attached hydrogen (secondary N) is 1. The van der Waals surface area contributed by atoms with Crippen molar-refractivity contribution in [1.29, 1.82) is 0 Å². The molecule has 1 amide bonds. The van der Waals surface area contributed by atoms with Crippen LogP contribution in [0, 0.1) is 0 Å². The van der Waals surface area contributed by atoms with Gasteiger partial charge in [0.15, 0.2) is 9.84 Å². The first-order valence-corrected chi connectivity index (χ1v) is 10.0. The van der Waals surface area contributed by atoms with E-state index in [1.54, 1.807) is 12.1 Å². The fourth-order valence-electron chi connectivity index (χ4n) is 3.06. The predicted molar refractivity (Wildman–Crippen MR) is 102 cm³/mol. The Balaban J connectivity index is 0.00000338. The summed E-state index contributed by atoms with van der Waals surface area (Å²) in [6.45, 7) is 2.54. The number of carboxylic acid groups (broad SMARTS) is 1. The molecule has 1 heterocycles. The number of carboxylic acids is 1. The van der Waals surface area contributed by atoms with Crippen LogP contribution in [0.3, 0.4) is 0 Å². The van der Waals surface area contributed by atoms with Crippen LogP contribution in [0.15, 0.2) is 29.2 Å². The number of carbonyl (C=O) groups is 2. The molecule has 2 rings (SSSR count). The number of sulfone groups is 1. The van der Waals surface area contributed by atoms with E-state index in [0.717, 1.165) is 12.8 Å². The Morgan fingerprint density at radius 1 is 1.23 bits per heavy atom. The van der Waals surface area contributed by atoms with Crippen molar-refractivity contribution in [3.8, 4) is 0 Å². The van der Waals surface area contributed by atoms with E-state index in [1.165, 1.54) is 19.1 Å². The SMILES string of the molecule is CC(=O)Nc1ccc(S(=O)(=O)CCCN2CCCCC2C(=O)O)cc1.Cl. The maximum Gasteiger partial charge on any atom is 0.320 e. The Morgan fingerprint density at radius 3 is 2.46 bits per heavy atom. The van der Waals surface area contributed by atoms with Crippen LogP contribution in [0.5, 0.6) is 0 Å². The van der Waals surface area contributed by atoms with Crippen LogP contribution in [0.25, 0.3) is 0 Å². The molecule has 0 saturated carbocycles. The summed E-state index contributed by atoms with van der Waals surface area (Å²) in [5, 5.41) is 11.8. The van der Waals surface area contributed by atoms with Gasteiger partial charge in [0.1, 0.15) is 6.04 Å². The molecule has 0 bridgehead atoms.